The molecular formula is C10H14N2O2. The van der Waals surface area contributed by atoms with Crippen LogP contribution in [-0.4, -0.2) is 16.1 Å². The Kier molecular flexibility index (Phi) is 3.59. The summed E-state index contributed by atoms with van der Waals surface area (Å²) in [5.41, 5.74) is 6.70. The number of nitrogens with zero attached hydrogens (tertiary/aromatic N) is 1. The summed E-state index contributed by atoms with van der Waals surface area (Å²) in [6.45, 7) is 2.01. The molecular weight excluding hydrogens is 180 g/mol. The SMILES string of the molecule is CCCC(N)c1cnccc1C(=O)O. The van der Waals surface area contributed by atoms with Crippen LogP contribution in [0.4, 0.5) is 0 Å². The molecule has 0 radical (unpaired) electrons. The van der Waals surface area contributed by atoms with E-state index in [-0.39, 0.29) is 11.6 Å². The van der Waals surface area contributed by atoms with Crippen LogP contribution in [-0.2, 0) is 0 Å². The van der Waals surface area contributed by atoms with Gasteiger partial charge < -0.3 is 10.8 Å². The molecule has 1 atom stereocenters. The summed E-state index contributed by atoms with van der Waals surface area (Å²) in [6, 6.07) is 1.24. The van der Waals surface area contributed by atoms with Crippen LogP contribution in [0, 0.1) is 0 Å². The Balaban J connectivity index is 3.00. The number of carboxylic acid groups (broad SMARTS) is 1. The molecule has 0 amide bonds. The smallest absolute Gasteiger partial charge is 0.336 e. The third-order valence-corrected chi connectivity index (χ3v) is 2.08. The summed E-state index contributed by atoms with van der Waals surface area (Å²) in [5, 5.41) is 8.90. The highest BCUT2D eigenvalue weighted by Gasteiger charge is 2.14. The predicted molar refractivity (Wildman–Crippen MR) is 53.0 cm³/mol. The van der Waals surface area contributed by atoms with E-state index in [0.717, 1.165) is 12.8 Å². The number of hydrogen-bond acceptors (Lipinski definition) is 3. The van der Waals surface area contributed by atoms with Gasteiger partial charge in [0.15, 0.2) is 0 Å². The van der Waals surface area contributed by atoms with Crippen molar-refractivity contribution in [1.29, 1.82) is 0 Å². The first-order valence-electron chi connectivity index (χ1n) is 4.59. The maximum Gasteiger partial charge on any atom is 0.336 e. The average Bonchev–Trinajstić information content (AvgIpc) is 2.18. The summed E-state index contributed by atoms with van der Waals surface area (Å²) in [5.74, 6) is -0.950. The van der Waals surface area contributed by atoms with Crippen LogP contribution in [0.3, 0.4) is 0 Å². The lowest BCUT2D eigenvalue weighted by molar-refractivity contribution is 0.0695. The molecule has 1 aromatic heterocycles. The second kappa shape index (κ2) is 4.72. The van der Waals surface area contributed by atoms with Crippen LogP contribution >= 0.6 is 0 Å². The van der Waals surface area contributed by atoms with Crippen molar-refractivity contribution in [1.82, 2.24) is 4.98 Å². The molecule has 14 heavy (non-hydrogen) atoms. The van der Waals surface area contributed by atoms with Crippen molar-refractivity contribution in [3.05, 3.63) is 29.6 Å². The van der Waals surface area contributed by atoms with Gasteiger partial charge in [-0.1, -0.05) is 13.3 Å². The lowest BCUT2D eigenvalue weighted by Crippen LogP contribution is -2.15. The van der Waals surface area contributed by atoms with Gasteiger partial charge in [-0.15, -0.1) is 0 Å². The van der Waals surface area contributed by atoms with E-state index in [4.69, 9.17) is 10.8 Å². The van der Waals surface area contributed by atoms with Crippen molar-refractivity contribution in [2.75, 3.05) is 0 Å². The van der Waals surface area contributed by atoms with Crippen LogP contribution in [0.15, 0.2) is 18.5 Å². The normalized spacial score (nSPS) is 12.4. The minimum absolute atomic E-state index is 0.236. The number of carbonyl (C=O) groups is 1. The number of aromatic nitrogens is 1. The molecule has 1 rings (SSSR count). The first-order valence-corrected chi connectivity index (χ1v) is 4.59. The Morgan fingerprint density at radius 1 is 1.71 bits per heavy atom. The largest absolute Gasteiger partial charge is 0.478 e. The van der Waals surface area contributed by atoms with Crippen molar-refractivity contribution < 1.29 is 9.90 Å². The fourth-order valence-electron chi connectivity index (χ4n) is 1.36. The van der Waals surface area contributed by atoms with Crippen molar-refractivity contribution in [3.8, 4) is 0 Å². The van der Waals surface area contributed by atoms with E-state index in [1.807, 2.05) is 6.92 Å². The monoisotopic (exact) mass is 194 g/mol. The van der Waals surface area contributed by atoms with Gasteiger partial charge in [0, 0.05) is 24.0 Å². The van der Waals surface area contributed by atoms with Crippen molar-refractivity contribution in [2.24, 2.45) is 5.73 Å². The summed E-state index contributed by atoms with van der Waals surface area (Å²) in [6.07, 6.45) is 4.69. The predicted octanol–water partition coefficient (Wildman–Crippen LogP) is 1.58. The van der Waals surface area contributed by atoms with E-state index in [1.165, 1.54) is 18.5 Å². The Morgan fingerprint density at radius 3 is 3.00 bits per heavy atom. The van der Waals surface area contributed by atoms with Gasteiger partial charge in [-0.2, -0.15) is 0 Å². The van der Waals surface area contributed by atoms with E-state index in [9.17, 15) is 4.79 Å². The molecule has 76 valence electrons. The highest BCUT2D eigenvalue weighted by molar-refractivity contribution is 5.89. The van der Waals surface area contributed by atoms with Gasteiger partial charge in [-0.3, -0.25) is 4.98 Å². The van der Waals surface area contributed by atoms with Gasteiger partial charge in [0.25, 0.3) is 0 Å². The highest BCUT2D eigenvalue weighted by Crippen LogP contribution is 2.18. The molecule has 0 fully saturated rings. The second-order valence-electron chi connectivity index (χ2n) is 3.16. The van der Waals surface area contributed by atoms with Crippen LogP contribution in [0.2, 0.25) is 0 Å². The molecule has 0 saturated heterocycles. The molecule has 0 aliphatic carbocycles. The van der Waals surface area contributed by atoms with E-state index in [0.29, 0.717) is 5.56 Å². The number of pyridine rings is 1. The number of aromatic carboxylic acids is 1. The van der Waals surface area contributed by atoms with Crippen molar-refractivity contribution in [2.45, 2.75) is 25.8 Å². The Bertz CT molecular complexity index is 326. The minimum Gasteiger partial charge on any atom is -0.478 e. The van der Waals surface area contributed by atoms with Crippen LogP contribution in [0.25, 0.3) is 0 Å². The third kappa shape index (κ3) is 2.29. The number of rotatable bonds is 4. The topological polar surface area (TPSA) is 76.2 Å². The van der Waals surface area contributed by atoms with E-state index < -0.39 is 5.97 Å². The lowest BCUT2D eigenvalue weighted by atomic mass is 10.0. The molecule has 1 heterocycles. The van der Waals surface area contributed by atoms with Crippen molar-refractivity contribution >= 4 is 5.97 Å². The van der Waals surface area contributed by atoms with Gasteiger partial charge in [0.2, 0.25) is 0 Å². The van der Waals surface area contributed by atoms with Crippen LogP contribution in [0.1, 0.15) is 41.7 Å². The fourth-order valence-corrected chi connectivity index (χ4v) is 1.36. The van der Waals surface area contributed by atoms with E-state index >= 15 is 0 Å². The lowest BCUT2D eigenvalue weighted by Gasteiger charge is -2.12. The molecule has 4 heteroatoms. The minimum atomic E-state index is -0.950. The van der Waals surface area contributed by atoms with Crippen molar-refractivity contribution in [3.63, 3.8) is 0 Å². The average molecular weight is 194 g/mol. The molecule has 0 bridgehead atoms. The maximum atomic E-state index is 10.8. The van der Waals surface area contributed by atoms with Crippen LogP contribution < -0.4 is 5.73 Å². The summed E-state index contributed by atoms with van der Waals surface area (Å²) >= 11 is 0. The zero-order valence-corrected chi connectivity index (χ0v) is 8.10. The molecule has 0 saturated carbocycles. The molecule has 0 aromatic carbocycles. The molecule has 4 nitrogen and oxygen atoms in total. The first kappa shape index (κ1) is 10.7. The second-order valence-corrected chi connectivity index (χ2v) is 3.16. The number of hydrogen-bond donors (Lipinski definition) is 2. The molecule has 1 aromatic rings. The fraction of sp³-hybridized carbons (Fsp3) is 0.400. The molecule has 0 aliphatic heterocycles. The number of carboxylic acids is 1. The Morgan fingerprint density at radius 2 is 2.43 bits per heavy atom. The highest BCUT2D eigenvalue weighted by atomic mass is 16.4. The first-order chi connectivity index (χ1) is 6.66. The zero-order chi connectivity index (χ0) is 10.6. The van der Waals surface area contributed by atoms with Crippen LogP contribution in [0.5, 0.6) is 0 Å². The van der Waals surface area contributed by atoms with Gasteiger partial charge in [0.05, 0.1) is 5.56 Å². The van der Waals surface area contributed by atoms with Gasteiger partial charge >= 0.3 is 5.97 Å². The zero-order valence-electron chi connectivity index (χ0n) is 8.10. The molecule has 3 N–H and O–H groups in total. The van der Waals surface area contributed by atoms with E-state index in [2.05, 4.69) is 4.98 Å². The molecule has 0 aliphatic rings. The quantitative estimate of drug-likeness (QED) is 0.762. The maximum absolute atomic E-state index is 10.8. The summed E-state index contributed by atoms with van der Waals surface area (Å²) in [4.78, 5) is 14.7. The summed E-state index contributed by atoms with van der Waals surface area (Å²) < 4.78 is 0. The Hall–Kier alpha value is -1.42. The van der Waals surface area contributed by atoms with Gasteiger partial charge in [-0.25, -0.2) is 4.79 Å². The molecule has 0 spiro atoms. The summed E-state index contributed by atoms with van der Waals surface area (Å²) in [7, 11) is 0. The van der Waals surface area contributed by atoms with E-state index in [1.54, 1.807) is 0 Å². The van der Waals surface area contributed by atoms with Gasteiger partial charge in [0.1, 0.15) is 0 Å². The van der Waals surface area contributed by atoms with Gasteiger partial charge in [-0.05, 0) is 12.5 Å². The standard InChI is InChI=1S/C10H14N2O2/c1-2-3-9(11)8-6-12-5-4-7(8)10(13)14/h4-6,9H,2-3,11H2,1H3,(H,13,14). The number of nitrogens with two attached hydrogens (primary N) is 1. The Labute approximate surface area is 82.8 Å². The molecule has 1 unspecified atom stereocenters. The third-order valence-electron chi connectivity index (χ3n) is 2.08.